The first-order valence-electron chi connectivity index (χ1n) is 4.62. The van der Waals surface area contributed by atoms with Crippen LogP contribution in [0.4, 0.5) is 4.39 Å². The van der Waals surface area contributed by atoms with Crippen LogP contribution in [0, 0.1) is 18.7 Å². The average molecular weight is 180 g/mol. The minimum atomic E-state index is -0.597. The molecule has 1 aromatic carbocycles. The van der Waals surface area contributed by atoms with E-state index in [4.69, 9.17) is 0 Å². The van der Waals surface area contributed by atoms with Gasteiger partial charge in [0.1, 0.15) is 5.82 Å². The smallest absolute Gasteiger partial charge is 0.129 e. The van der Waals surface area contributed by atoms with Gasteiger partial charge in [0.2, 0.25) is 0 Å². The van der Waals surface area contributed by atoms with E-state index < -0.39 is 6.10 Å². The lowest BCUT2D eigenvalue weighted by atomic mass is 10.0. The molecule has 1 N–H and O–H groups in total. The fourth-order valence-corrected chi connectivity index (χ4v) is 1.56. The van der Waals surface area contributed by atoms with Gasteiger partial charge >= 0.3 is 0 Å². The first kappa shape index (κ1) is 8.70. The molecule has 0 spiro atoms. The summed E-state index contributed by atoms with van der Waals surface area (Å²) in [7, 11) is 0. The highest BCUT2D eigenvalue weighted by atomic mass is 19.1. The molecule has 0 aliphatic heterocycles. The number of rotatable bonds is 2. The maximum Gasteiger partial charge on any atom is 0.129 e. The number of benzene rings is 1. The van der Waals surface area contributed by atoms with Crippen LogP contribution in [0.15, 0.2) is 18.2 Å². The van der Waals surface area contributed by atoms with Crippen molar-refractivity contribution >= 4 is 0 Å². The quantitative estimate of drug-likeness (QED) is 0.741. The van der Waals surface area contributed by atoms with Crippen molar-refractivity contribution < 1.29 is 9.50 Å². The third-order valence-corrected chi connectivity index (χ3v) is 2.54. The van der Waals surface area contributed by atoms with Gasteiger partial charge in [-0.15, -0.1) is 0 Å². The van der Waals surface area contributed by atoms with Crippen molar-refractivity contribution in [3.8, 4) is 0 Å². The van der Waals surface area contributed by atoms with Crippen LogP contribution in [0.2, 0.25) is 0 Å². The van der Waals surface area contributed by atoms with Crippen LogP contribution >= 0.6 is 0 Å². The number of hydrogen-bond donors (Lipinski definition) is 1. The molecule has 0 amide bonds. The summed E-state index contributed by atoms with van der Waals surface area (Å²) in [6.07, 6.45) is 1.45. The minimum absolute atomic E-state index is 0.287. The summed E-state index contributed by atoms with van der Waals surface area (Å²) in [5.41, 5.74) is 1.46. The van der Waals surface area contributed by atoms with E-state index in [0.717, 1.165) is 18.4 Å². The molecule has 1 aromatic rings. The minimum Gasteiger partial charge on any atom is -0.388 e. The van der Waals surface area contributed by atoms with Crippen LogP contribution in [0.25, 0.3) is 0 Å². The Kier molecular flexibility index (Phi) is 2.08. The van der Waals surface area contributed by atoms with Gasteiger partial charge in [0.05, 0.1) is 6.10 Å². The molecule has 1 fully saturated rings. The van der Waals surface area contributed by atoms with Gasteiger partial charge in [0.25, 0.3) is 0 Å². The van der Waals surface area contributed by atoms with Gasteiger partial charge in [-0.2, -0.15) is 0 Å². The third kappa shape index (κ3) is 1.73. The second-order valence-corrected chi connectivity index (χ2v) is 3.81. The fraction of sp³-hybridized carbons (Fsp3) is 0.455. The third-order valence-electron chi connectivity index (χ3n) is 2.54. The molecule has 2 rings (SSSR count). The highest BCUT2D eigenvalue weighted by molar-refractivity contribution is 5.26. The Hall–Kier alpha value is -0.890. The van der Waals surface area contributed by atoms with Crippen molar-refractivity contribution in [1.82, 2.24) is 0 Å². The van der Waals surface area contributed by atoms with E-state index in [1.165, 1.54) is 6.07 Å². The van der Waals surface area contributed by atoms with E-state index in [2.05, 4.69) is 0 Å². The Bertz CT molecular complexity index is 318. The van der Waals surface area contributed by atoms with Gasteiger partial charge in [-0.1, -0.05) is 17.7 Å². The fourth-order valence-electron chi connectivity index (χ4n) is 1.56. The molecule has 1 aliphatic rings. The summed E-state index contributed by atoms with van der Waals surface area (Å²) in [5, 5.41) is 9.73. The van der Waals surface area contributed by atoms with Crippen molar-refractivity contribution in [1.29, 1.82) is 0 Å². The van der Waals surface area contributed by atoms with Crippen LogP contribution in [0.1, 0.15) is 30.1 Å². The molecule has 1 aliphatic carbocycles. The van der Waals surface area contributed by atoms with E-state index in [0.29, 0.717) is 5.56 Å². The van der Waals surface area contributed by atoms with E-state index in [1.807, 2.05) is 6.92 Å². The van der Waals surface area contributed by atoms with Crippen molar-refractivity contribution in [3.63, 3.8) is 0 Å². The highest BCUT2D eigenvalue weighted by Crippen LogP contribution is 2.41. The second-order valence-electron chi connectivity index (χ2n) is 3.81. The maximum absolute atomic E-state index is 13.2. The second kappa shape index (κ2) is 3.11. The molecule has 0 bridgehead atoms. The van der Waals surface area contributed by atoms with Gasteiger partial charge in [-0.3, -0.25) is 0 Å². The lowest BCUT2D eigenvalue weighted by Crippen LogP contribution is -2.02. The van der Waals surface area contributed by atoms with Gasteiger partial charge in [0, 0.05) is 5.56 Å². The summed E-state index contributed by atoms with van der Waals surface area (Å²) in [6.45, 7) is 1.91. The Morgan fingerprint density at radius 1 is 1.46 bits per heavy atom. The Labute approximate surface area is 77.2 Å². The molecule has 13 heavy (non-hydrogen) atoms. The summed E-state index contributed by atoms with van der Waals surface area (Å²) >= 11 is 0. The molecular formula is C11H13FO. The first-order valence-corrected chi connectivity index (χ1v) is 4.62. The van der Waals surface area contributed by atoms with Crippen molar-refractivity contribution in [3.05, 3.63) is 35.1 Å². The number of aliphatic hydroxyl groups is 1. The van der Waals surface area contributed by atoms with E-state index in [-0.39, 0.29) is 11.7 Å². The predicted octanol–water partition coefficient (Wildman–Crippen LogP) is 2.58. The number of hydrogen-bond acceptors (Lipinski definition) is 1. The Balaban J connectivity index is 2.31. The van der Waals surface area contributed by atoms with E-state index in [9.17, 15) is 9.50 Å². The van der Waals surface area contributed by atoms with Crippen molar-refractivity contribution in [2.45, 2.75) is 25.9 Å². The normalized spacial score (nSPS) is 18.7. The monoisotopic (exact) mass is 180 g/mol. The zero-order valence-corrected chi connectivity index (χ0v) is 7.63. The van der Waals surface area contributed by atoms with Crippen LogP contribution in [-0.2, 0) is 0 Å². The predicted molar refractivity (Wildman–Crippen MR) is 48.8 cm³/mol. The largest absolute Gasteiger partial charge is 0.388 e. The molecule has 0 heterocycles. The lowest BCUT2D eigenvalue weighted by molar-refractivity contribution is 0.149. The molecule has 0 saturated heterocycles. The maximum atomic E-state index is 13.2. The van der Waals surface area contributed by atoms with Crippen LogP contribution in [-0.4, -0.2) is 5.11 Å². The average Bonchev–Trinajstić information content (AvgIpc) is 2.91. The number of aliphatic hydroxyl groups excluding tert-OH is 1. The summed E-state index contributed by atoms with van der Waals surface area (Å²) in [6, 6.07) is 4.88. The van der Waals surface area contributed by atoms with Crippen molar-refractivity contribution in [2.75, 3.05) is 0 Å². The lowest BCUT2D eigenvalue weighted by Gasteiger charge is -2.11. The van der Waals surface area contributed by atoms with Crippen LogP contribution in [0.5, 0.6) is 0 Å². The molecule has 0 aromatic heterocycles. The molecule has 1 atom stereocenters. The SMILES string of the molecule is Cc1ccc(F)c(C(O)C2CC2)c1. The van der Waals surface area contributed by atoms with Crippen molar-refractivity contribution in [2.24, 2.45) is 5.92 Å². The van der Waals surface area contributed by atoms with Gasteiger partial charge in [0.15, 0.2) is 0 Å². The standard InChI is InChI=1S/C11H13FO/c1-7-2-5-10(12)9(6-7)11(13)8-3-4-8/h2,5-6,8,11,13H,3-4H2,1H3. The van der Waals surface area contributed by atoms with Gasteiger partial charge in [-0.25, -0.2) is 4.39 Å². The summed E-state index contributed by atoms with van der Waals surface area (Å²) < 4.78 is 13.2. The zero-order valence-electron chi connectivity index (χ0n) is 7.63. The van der Waals surface area contributed by atoms with Crippen LogP contribution < -0.4 is 0 Å². The topological polar surface area (TPSA) is 20.2 Å². The molecule has 1 saturated carbocycles. The Morgan fingerprint density at radius 3 is 2.77 bits per heavy atom. The zero-order chi connectivity index (χ0) is 9.42. The van der Waals surface area contributed by atoms with E-state index >= 15 is 0 Å². The molecule has 0 radical (unpaired) electrons. The van der Waals surface area contributed by atoms with Gasteiger partial charge < -0.3 is 5.11 Å². The molecule has 1 nitrogen and oxygen atoms in total. The van der Waals surface area contributed by atoms with E-state index in [1.54, 1.807) is 12.1 Å². The summed E-state index contributed by atoms with van der Waals surface area (Å²) in [5.74, 6) is 0.00120. The Morgan fingerprint density at radius 2 is 2.15 bits per heavy atom. The number of halogens is 1. The number of aryl methyl sites for hydroxylation is 1. The molecular weight excluding hydrogens is 167 g/mol. The first-order chi connectivity index (χ1) is 6.18. The van der Waals surface area contributed by atoms with Gasteiger partial charge in [-0.05, 0) is 31.7 Å². The van der Waals surface area contributed by atoms with Crippen LogP contribution in [0.3, 0.4) is 0 Å². The summed E-state index contributed by atoms with van der Waals surface area (Å²) in [4.78, 5) is 0. The molecule has 1 unspecified atom stereocenters. The molecule has 70 valence electrons. The molecule has 2 heteroatoms. The highest BCUT2D eigenvalue weighted by Gasteiger charge is 2.32.